The van der Waals surface area contributed by atoms with E-state index in [-0.39, 0.29) is 24.0 Å². The summed E-state index contributed by atoms with van der Waals surface area (Å²) in [5.74, 6) is 0.471. The predicted molar refractivity (Wildman–Crippen MR) is 64.1 cm³/mol. The summed E-state index contributed by atoms with van der Waals surface area (Å²) in [5, 5.41) is 15.2. The zero-order valence-corrected chi connectivity index (χ0v) is 10.5. The van der Waals surface area contributed by atoms with Crippen molar-refractivity contribution >= 4 is 5.91 Å². The normalized spacial score (nSPS) is 27.1. The van der Waals surface area contributed by atoms with Crippen molar-refractivity contribution in [3.05, 3.63) is 0 Å². The molecule has 0 bridgehead atoms. The molecule has 0 saturated carbocycles. The van der Waals surface area contributed by atoms with Gasteiger partial charge in [0.05, 0.1) is 5.41 Å². The second-order valence-corrected chi connectivity index (χ2v) is 5.32. The number of aliphatic hydroxyl groups is 1. The van der Waals surface area contributed by atoms with Gasteiger partial charge in [-0.3, -0.25) is 4.79 Å². The van der Waals surface area contributed by atoms with Gasteiger partial charge in [-0.25, -0.2) is 0 Å². The molecule has 1 rings (SSSR count). The first kappa shape index (κ1) is 13.5. The van der Waals surface area contributed by atoms with Crippen molar-refractivity contribution < 1.29 is 9.90 Å². The Morgan fingerprint density at radius 1 is 1.56 bits per heavy atom. The average Bonchev–Trinajstić information content (AvgIpc) is 2.65. The van der Waals surface area contributed by atoms with Crippen LogP contribution >= 0.6 is 0 Å². The van der Waals surface area contributed by atoms with Gasteiger partial charge in [-0.2, -0.15) is 0 Å². The third kappa shape index (κ3) is 3.19. The van der Waals surface area contributed by atoms with Crippen LogP contribution in [0.25, 0.3) is 0 Å². The zero-order valence-electron chi connectivity index (χ0n) is 10.5. The van der Waals surface area contributed by atoms with Crippen LogP contribution in [0.3, 0.4) is 0 Å². The molecule has 2 atom stereocenters. The second kappa shape index (κ2) is 5.64. The Kier molecular flexibility index (Phi) is 4.74. The average molecular weight is 228 g/mol. The summed E-state index contributed by atoms with van der Waals surface area (Å²) in [6, 6.07) is 0.0786. The fourth-order valence-electron chi connectivity index (χ4n) is 2.06. The summed E-state index contributed by atoms with van der Waals surface area (Å²) in [4.78, 5) is 12.1. The standard InChI is InChI=1S/C12H24N2O2/c1-9(2)10(4-7-15)14-11(16)12(3)5-6-13-8-12/h9-10,13,15H,4-8H2,1-3H3,(H,14,16). The second-order valence-electron chi connectivity index (χ2n) is 5.32. The van der Waals surface area contributed by atoms with Gasteiger partial charge in [0.1, 0.15) is 0 Å². The lowest BCUT2D eigenvalue weighted by atomic mass is 9.87. The molecule has 2 unspecified atom stereocenters. The van der Waals surface area contributed by atoms with Gasteiger partial charge in [0, 0.05) is 19.2 Å². The molecule has 1 heterocycles. The van der Waals surface area contributed by atoms with Crippen molar-refractivity contribution in [1.82, 2.24) is 10.6 Å². The molecule has 1 saturated heterocycles. The third-order valence-corrected chi connectivity index (χ3v) is 3.48. The van der Waals surface area contributed by atoms with Gasteiger partial charge in [0.25, 0.3) is 0 Å². The summed E-state index contributed by atoms with van der Waals surface area (Å²) in [5.41, 5.74) is -0.275. The zero-order chi connectivity index (χ0) is 12.2. The minimum Gasteiger partial charge on any atom is -0.396 e. The van der Waals surface area contributed by atoms with E-state index in [2.05, 4.69) is 24.5 Å². The topological polar surface area (TPSA) is 61.4 Å². The van der Waals surface area contributed by atoms with E-state index in [0.29, 0.717) is 12.3 Å². The molecule has 0 aromatic rings. The number of amides is 1. The van der Waals surface area contributed by atoms with E-state index >= 15 is 0 Å². The maximum Gasteiger partial charge on any atom is 0.227 e. The molecule has 0 radical (unpaired) electrons. The fourth-order valence-corrected chi connectivity index (χ4v) is 2.06. The Hall–Kier alpha value is -0.610. The number of hydrogen-bond acceptors (Lipinski definition) is 3. The molecule has 1 aliphatic heterocycles. The van der Waals surface area contributed by atoms with Crippen LogP contribution in [0.15, 0.2) is 0 Å². The number of carbonyl (C=O) groups excluding carboxylic acids is 1. The van der Waals surface area contributed by atoms with Gasteiger partial charge in [-0.05, 0) is 32.2 Å². The Morgan fingerprint density at radius 2 is 2.25 bits per heavy atom. The largest absolute Gasteiger partial charge is 0.396 e. The maximum absolute atomic E-state index is 12.1. The SMILES string of the molecule is CC(C)C(CCO)NC(=O)C1(C)CCNC1. The molecule has 3 N–H and O–H groups in total. The lowest BCUT2D eigenvalue weighted by molar-refractivity contribution is -0.130. The maximum atomic E-state index is 12.1. The van der Waals surface area contributed by atoms with Gasteiger partial charge in [-0.15, -0.1) is 0 Å². The van der Waals surface area contributed by atoms with Crippen molar-refractivity contribution in [2.24, 2.45) is 11.3 Å². The Bertz CT molecular complexity index is 235. The highest BCUT2D eigenvalue weighted by molar-refractivity contribution is 5.83. The van der Waals surface area contributed by atoms with Gasteiger partial charge in [-0.1, -0.05) is 13.8 Å². The summed E-state index contributed by atoms with van der Waals surface area (Å²) < 4.78 is 0. The lowest BCUT2D eigenvalue weighted by Crippen LogP contribution is -2.47. The predicted octanol–water partition coefficient (Wildman–Crippen LogP) is 0.509. The van der Waals surface area contributed by atoms with Gasteiger partial charge >= 0.3 is 0 Å². The highest BCUT2D eigenvalue weighted by Gasteiger charge is 2.37. The molecular formula is C12H24N2O2. The molecule has 1 aliphatic rings. The van der Waals surface area contributed by atoms with E-state index in [1.165, 1.54) is 0 Å². The first-order valence-corrected chi connectivity index (χ1v) is 6.12. The number of rotatable bonds is 5. The summed E-state index contributed by atoms with van der Waals surface area (Å²) in [7, 11) is 0. The van der Waals surface area contributed by atoms with Crippen LogP contribution in [-0.4, -0.2) is 36.8 Å². The summed E-state index contributed by atoms with van der Waals surface area (Å²) >= 11 is 0. The molecule has 4 nitrogen and oxygen atoms in total. The van der Waals surface area contributed by atoms with E-state index in [0.717, 1.165) is 19.5 Å². The van der Waals surface area contributed by atoms with Crippen LogP contribution in [0.1, 0.15) is 33.6 Å². The first-order chi connectivity index (χ1) is 7.49. The highest BCUT2D eigenvalue weighted by Crippen LogP contribution is 2.25. The highest BCUT2D eigenvalue weighted by atomic mass is 16.3. The van der Waals surface area contributed by atoms with Gasteiger partial charge in [0.2, 0.25) is 5.91 Å². The van der Waals surface area contributed by atoms with Crippen LogP contribution in [0.4, 0.5) is 0 Å². The molecule has 94 valence electrons. The van der Waals surface area contributed by atoms with Crippen LogP contribution in [0.2, 0.25) is 0 Å². The van der Waals surface area contributed by atoms with E-state index in [9.17, 15) is 4.79 Å². The van der Waals surface area contributed by atoms with E-state index < -0.39 is 0 Å². The number of hydrogen-bond donors (Lipinski definition) is 3. The van der Waals surface area contributed by atoms with Crippen LogP contribution < -0.4 is 10.6 Å². The van der Waals surface area contributed by atoms with Crippen molar-refractivity contribution in [2.75, 3.05) is 19.7 Å². The quantitative estimate of drug-likeness (QED) is 0.642. The monoisotopic (exact) mass is 228 g/mol. The molecule has 0 aromatic carbocycles. The van der Waals surface area contributed by atoms with E-state index in [1.807, 2.05) is 6.92 Å². The molecule has 0 spiro atoms. The Morgan fingerprint density at radius 3 is 2.69 bits per heavy atom. The first-order valence-electron chi connectivity index (χ1n) is 6.12. The van der Waals surface area contributed by atoms with Crippen LogP contribution in [0.5, 0.6) is 0 Å². The van der Waals surface area contributed by atoms with Crippen molar-refractivity contribution in [3.8, 4) is 0 Å². The Balaban J connectivity index is 2.53. The molecule has 0 aliphatic carbocycles. The molecular weight excluding hydrogens is 204 g/mol. The molecule has 1 fully saturated rings. The number of aliphatic hydroxyl groups excluding tert-OH is 1. The molecule has 1 amide bonds. The fraction of sp³-hybridized carbons (Fsp3) is 0.917. The number of nitrogens with one attached hydrogen (secondary N) is 2. The van der Waals surface area contributed by atoms with Gasteiger partial charge in [0.15, 0.2) is 0 Å². The lowest BCUT2D eigenvalue weighted by Gasteiger charge is -2.28. The minimum absolute atomic E-state index is 0.0786. The molecule has 0 aromatic heterocycles. The van der Waals surface area contributed by atoms with Crippen LogP contribution in [0, 0.1) is 11.3 Å². The summed E-state index contributed by atoms with van der Waals surface area (Å²) in [6.07, 6.45) is 1.52. The van der Waals surface area contributed by atoms with E-state index in [1.54, 1.807) is 0 Å². The minimum atomic E-state index is -0.275. The van der Waals surface area contributed by atoms with Crippen molar-refractivity contribution in [1.29, 1.82) is 0 Å². The Labute approximate surface area is 97.8 Å². The number of carbonyl (C=O) groups is 1. The molecule has 4 heteroatoms. The van der Waals surface area contributed by atoms with Gasteiger partial charge < -0.3 is 15.7 Å². The molecule has 16 heavy (non-hydrogen) atoms. The van der Waals surface area contributed by atoms with E-state index in [4.69, 9.17) is 5.11 Å². The van der Waals surface area contributed by atoms with Crippen molar-refractivity contribution in [2.45, 2.75) is 39.7 Å². The van der Waals surface area contributed by atoms with Crippen molar-refractivity contribution in [3.63, 3.8) is 0 Å². The smallest absolute Gasteiger partial charge is 0.227 e. The summed E-state index contributed by atoms with van der Waals surface area (Å²) in [6.45, 7) is 7.92. The third-order valence-electron chi connectivity index (χ3n) is 3.48. The van der Waals surface area contributed by atoms with Crippen LogP contribution in [-0.2, 0) is 4.79 Å².